The average molecular weight is 299 g/mol. The molecule has 1 aromatic carbocycles. The molecule has 0 saturated carbocycles. The van der Waals surface area contributed by atoms with Gasteiger partial charge in [0, 0.05) is 18.0 Å². The first-order valence-corrected chi connectivity index (χ1v) is 7.55. The van der Waals surface area contributed by atoms with Crippen LogP contribution in [0.15, 0.2) is 46.7 Å². The molecule has 0 saturated heterocycles. The first kappa shape index (κ1) is 16.4. The Hall–Kier alpha value is -1.70. The average Bonchev–Trinajstić information content (AvgIpc) is 2.46. The van der Waals surface area contributed by atoms with E-state index in [0.29, 0.717) is 0 Å². The van der Waals surface area contributed by atoms with Crippen LogP contribution in [0.2, 0.25) is 0 Å². The van der Waals surface area contributed by atoms with Crippen LogP contribution >= 0.6 is 0 Å². The molecule has 0 radical (unpaired) electrons. The summed E-state index contributed by atoms with van der Waals surface area (Å²) in [7, 11) is -3.60. The van der Waals surface area contributed by atoms with Crippen LogP contribution in [0.5, 0.6) is 0 Å². The zero-order valence-corrected chi connectivity index (χ0v) is 11.7. The Balaban J connectivity index is 2.45. The van der Waals surface area contributed by atoms with E-state index in [9.17, 15) is 13.2 Å². The minimum absolute atomic E-state index is 0.0802. The highest BCUT2D eigenvalue weighted by Crippen LogP contribution is 2.10. The molecule has 1 aromatic rings. The Kier molecular flexibility index (Phi) is 6.92. The van der Waals surface area contributed by atoms with E-state index in [1.165, 1.54) is 12.1 Å². The number of hydrogen-bond acceptors (Lipinski definition) is 5. The van der Waals surface area contributed by atoms with Gasteiger partial charge in [-0.15, -0.1) is 0 Å². The van der Waals surface area contributed by atoms with Gasteiger partial charge in [-0.1, -0.05) is 18.2 Å². The van der Waals surface area contributed by atoms with Gasteiger partial charge in [0.1, 0.15) is 0 Å². The summed E-state index contributed by atoms with van der Waals surface area (Å²) in [5.41, 5.74) is 0. The predicted octanol–water partition coefficient (Wildman–Crippen LogP) is 0.0991. The van der Waals surface area contributed by atoms with Crippen molar-refractivity contribution in [2.75, 3.05) is 26.4 Å². The van der Waals surface area contributed by atoms with Gasteiger partial charge in [-0.25, -0.2) is 8.42 Å². The molecule has 110 valence electrons. The Morgan fingerprint density at radius 2 is 1.95 bits per heavy atom. The van der Waals surface area contributed by atoms with Gasteiger partial charge in [-0.2, -0.15) is 0 Å². The third-order valence-corrected chi connectivity index (χ3v) is 3.68. The lowest BCUT2D eigenvalue weighted by Crippen LogP contribution is -2.26. The highest BCUT2D eigenvalue weighted by Gasteiger charge is 2.09. The second-order valence-corrected chi connectivity index (χ2v) is 5.62. The van der Waals surface area contributed by atoms with Crippen LogP contribution < -0.4 is 5.32 Å². The minimum Gasteiger partial charge on any atom is -0.394 e. The van der Waals surface area contributed by atoms with E-state index in [1.54, 1.807) is 18.2 Å². The van der Waals surface area contributed by atoms with Crippen molar-refractivity contribution in [2.45, 2.75) is 4.90 Å². The molecule has 0 spiro atoms. The number of amides is 1. The van der Waals surface area contributed by atoms with Crippen LogP contribution in [0.4, 0.5) is 0 Å². The van der Waals surface area contributed by atoms with Crippen LogP contribution in [-0.2, 0) is 19.4 Å². The van der Waals surface area contributed by atoms with Gasteiger partial charge in [0.2, 0.25) is 5.91 Å². The first-order chi connectivity index (χ1) is 9.56. The van der Waals surface area contributed by atoms with Gasteiger partial charge in [0.05, 0.1) is 24.7 Å². The first-order valence-electron chi connectivity index (χ1n) is 6.01. The van der Waals surface area contributed by atoms with E-state index in [2.05, 4.69) is 5.32 Å². The van der Waals surface area contributed by atoms with Crippen LogP contribution in [-0.4, -0.2) is 45.8 Å². The second-order valence-electron chi connectivity index (χ2n) is 3.79. The molecular weight excluding hydrogens is 282 g/mol. The number of aliphatic hydroxyl groups is 1. The molecule has 0 aliphatic rings. The summed E-state index contributed by atoms with van der Waals surface area (Å²) in [6.07, 6.45) is 0.967. The van der Waals surface area contributed by atoms with Gasteiger partial charge in [-0.05, 0) is 12.1 Å². The maximum atomic E-state index is 11.8. The molecule has 0 fully saturated rings. The maximum Gasteiger partial charge on any atom is 0.244 e. The van der Waals surface area contributed by atoms with E-state index < -0.39 is 15.7 Å². The van der Waals surface area contributed by atoms with Crippen molar-refractivity contribution in [3.8, 4) is 0 Å². The summed E-state index contributed by atoms with van der Waals surface area (Å²) in [6.45, 7) is 0.622. The summed E-state index contributed by atoms with van der Waals surface area (Å²) >= 11 is 0. The molecular formula is C13H17NO5S. The third-order valence-electron chi connectivity index (χ3n) is 2.25. The third kappa shape index (κ3) is 5.96. The standard InChI is InChI=1S/C13H17NO5S/c15-8-10-19-9-7-14-13(16)6-11-20(17,18)12-4-2-1-3-5-12/h1-6,11,15H,7-10H2,(H,14,16). The predicted molar refractivity (Wildman–Crippen MR) is 73.7 cm³/mol. The molecule has 0 bridgehead atoms. The molecule has 0 aliphatic heterocycles. The Morgan fingerprint density at radius 3 is 2.60 bits per heavy atom. The SMILES string of the molecule is O=C(C=CS(=O)(=O)c1ccccc1)NCCOCCO. The Labute approximate surface area is 118 Å². The molecule has 20 heavy (non-hydrogen) atoms. The number of sulfone groups is 1. The van der Waals surface area contributed by atoms with E-state index in [0.717, 1.165) is 11.5 Å². The summed E-state index contributed by atoms with van der Waals surface area (Å²) in [5.74, 6) is -0.517. The molecule has 1 amide bonds. The zero-order valence-electron chi connectivity index (χ0n) is 10.9. The number of benzene rings is 1. The van der Waals surface area contributed by atoms with Crippen molar-refractivity contribution < 1.29 is 23.1 Å². The number of hydrogen-bond donors (Lipinski definition) is 2. The number of carbonyl (C=O) groups is 1. The van der Waals surface area contributed by atoms with Crippen molar-refractivity contribution in [3.63, 3.8) is 0 Å². The van der Waals surface area contributed by atoms with Crippen molar-refractivity contribution >= 4 is 15.7 Å². The van der Waals surface area contributed by atoms with Crippen molar-refractivity contribution in [2.24, 2.45) is 0 Å². The smallest absolute Gasteiger partial charge is 0.244 e. The van der Waals surface area contributed by atoms with Gasteiger partial charge < -0.3 is 15.2 Å². The molecule has 0 unspecified atom stereocenters. The van der Waals surface area contributed by atoms with Crippen LogP contribution in [0.3, 0.4) is 0 Å². The highest BCUT2D eigenvalue weighted by molar-refractivity contribution is 7.94. The molecule has 6 nitrogen and oxygen atoms in total. The summed E-state index contributed by atoms with van der Waals surface area (Å²) < 4.78 is 28.6. The molecule has 0 atom stereocenters. The maximum absolute atomic E-state index is 11.8. The number of nitrogens with one attached hydrogen (secondary N) is 1. The van der Waals surface area contributed by atoms with Gasteiger partial charge in [-0.3, -0.25) is 4.79 Å². The molecule has 2 N–H and O–H groups in total. The summed E-state index contributed by atoms with van der Waals surface area (Å²) in [6, 6.07) is 7.85. The van der Waals surface area contributed by atoms with Crippen molar-refractivity contribution in [3.05, 3.63) is 41.8 Å². The van der Waals surface area contributed by atoms with Gasteiger partial charge >= 0.3 is 0 Å². The lowest BCUT2D eigenvalue weighted by atomic mass is 10.4. The van der Waals surface area contributed by atoms with Crippen molar-refractivity contribution in [1.29, 1.82) is 0 Å². The second kappa shape index (κ2) is 8.47. The lowest BCUT2D eigenvalue weighted by molar-refractivity contribution is -0.116. The normalized spacial score (nSPS) is 11.7. The van der Waals surface area contributed by atoms with E-state index in [-0.39, 0.29) is 31.3 Å². The summed E-state index contributed by atoms with van der Waals surface area (Å²) in [5, 5.41) is 11.8. The van der Waals surface area contributed by atoms with Crippen LogP contribution in [0.1, 0.15) is 0 Å². The number of aliphatic hydroxyl groups excluding tert-OH is 1. The quantitative estimate of drug-likeness (QED) is 0.524. The number of ether oxygens (including phenoxy) is 1. The Morgan fingerprint density at radius 1 is 1.25 bits per heavy atom. The molecule has 7 heteroatoms. The topological polar surface area (TPSA) is 92.7 Å². The lowest BCUT2D eigenvalue weighted by Gasteiger charge is -2.03. The van der Waals surface area contributed by atoms with Crippen molar-refractivity contribution in [1.82, 2.24) is 5.32 Å². The summed E-state index contributed by atoms with van der Waals surface area (Å²) in [4.78, 5) is 11.5. The van der Waals surface area contributed by atoms with Crippen LogP contribution in [0.25, 0.3) is 0 Å². The van der Waals surface area contributed by atoms with Crippen LogP contribution in [0, 0.1) is 0 Å². The van der Waals surface area contributed by atoms with Gasteiger partial charge in [0.25, 0.3) is 0 Å². The fourth-order valence-corrected chi connectivity index (χ4v) is 2.31. The zero-order chi connectivity index (χ0) is 14.8. The van der Waals surface area contributed by atoms with E-state index in [1.807, 2.05) is 0 Å². The molecule has 1 rings (SSSR count). The number of carbonyl (C=O) groups excluding carboxylic acids is 1. The highest BCUT2D eigenvalue weighted by atomic mass is 32.2. The monoisotopic (exact) mass is 299 g/mol. The van der Waals surface area contributed by atoms with Gasteiger partial charge in [0.15, 0.2) is 9.84 Å². The molecule has 0 aromatic heterocycles. The fraction of sp³-hybridized carbons (Fsp3) is 0.308. The fourth-order valence-electron chi connectivity index (χ4n) is 1.31. The largest absolute Gasteiger partial charge is 0.394 e. The minimum atomic E-state index is -3.60. The number of rotatable bonds is 8. The molecule has 0 aliphatic carbocycles. The van der Waals surface area contributed by atoms with E-state index in [4.69, 9.17) is 9.84 Å². The van der Waals surface area contributed by atoms with E-state index >= 15 is 0 Å². The Bertz CT molecular complexity index is 539. The molecule has 0 heterocycles.